The van der Waals surface area contributed by atoms with Crippen molar-refractivity contribution in [3.05, 3.63) is 72.9 Å². The van der Waals surface area contributed by atoms with Gasteiger partial charge in [0.1, 0.15) is 16.2 Å². The molecule has 0 radical (unpaired) electrons. The summed E-state index contributed by atoms with van der Waals surface area (Å²) in [6.45, 7) is 9.40. The van der Waals surface area contributed by atoms with Crippen LogP contribution in [0.2, 0.25) is 0 Å². The van der Waals surface area contributed by atoms with E-state index >= 15 is 0 Å². The lowest BCUT2D eigenvalue weighted by Gasteiger charge is -2.34. The quantitative estimate of drug-likeness (QED) is 0.426. The molecule has 4 heterocycles. The molecule has 1 N–H and O–H groups in total. The van der Waals surface area contributed by atoms with E-state index < -0.39 is 0 Å². The zero-order chi connectivity index (χ0) is 24.7. The monoisotopic (exact) mass is 493 g/mol. The van der Waals surface area contributed by atoms with E-state index in [9.17, 15) is 14.4 Å². The molecule has 0 saturated carbocycles. The summed E-state index contributed by atoms with van der Waals surface area (Å²) in [6, 6.07) is 9.27. The lowest BCUT2D eigenvalue weighted by Crippen LogP contribution is -2.49. The summed E-state index contributed by atoms with van der Waals surface area (Å²) in [5.41, 5.74) is 4.72. The van der Waals surface area contributed by atoms with Crippen LogP contribution in [-0.2, 0) is 11.3 Å². The van der Waals surface area contributed by atoms with E-state index in [0.29, 0.717) is 41.3 Å². The van der Waals surface area contributed by atoms with Crippen LogP contribution in [0, 0.1) is 20.8 Å². The van der Waals surface area contributed by atoms with E-state index in [2.05, 4.69) is 20.2 Å². The maximum atomic E-state index is 12.8. The third-order valence-corrected chi connectivity index (χ3v) is 7.25. The second-order valence-electron chi connectivity index (χ2n) is 9.05. The third-order valence-electron chi connectivity index (χ3n) is 6.30. The van der Waals surface area contributed by atoms with Crippen LogP contribution in [-0.4, -0.2) is 58.1 Å². The molecule has 0 spiro atoms. The predicted molar refractivity (Wildman–Crippen MR) is 137 cm³/mol. The van der Waals surface area contributed by atoms with Crippen LogP contribution in [0.5, 0.6) is 0 Å². The third kappa shape index (κ3) is 4.90. The normalized spacial score (nSPS) is 15.2. The van der Waals surface area contributed by atoms with Crippen molar-refractivity contribution in [1.82, 2.24) is 19.5 Å². The maximum Gasteiger partial charge on any atom is 0.336 e. The van der Waals surface area contributed by atoms with E-state index in [0.717, 1.165) is 34.5 Å². The molecule has 0 atom stereocenters. The summed E-state index contributed by atoms with van der Waals surface area (Å²) in [6.07, 6.45) is 0. The number of carbonyl (C=O) groups excluding carboxylic acids is 1. The van der Waals surface area contributed by atoms with Gasteiger partial charge < -0.3 is 4.42 Å². The predicted octanol–water partition coefficient (Wildman–Crippen LogP) is 2.38. The summed E-state index contributed by atoms with van der Waals surface area (Å²) in [7, 11) is 0. The second-order valence-corrected chi connectivity index (χ2v) is 10.3. The second kappa shape index (κ2) is 9.37. The summed E-state index contributed by atoms with van der Waals surface area (Å²) < 4.78 is 6.61. The lowest BCUT2D eigenvalue weighted by atomic mass is 10.1. The molecule has 5 rings (SSSR count). The van der Waals surface area contributed by atoms with Crippen molar-refractivity contribution in [3.63, 3.8) is 0 Å². The van der Waals surface area contributed by atoms with Crippen LogP contribution in [0.1, 0.15) is 21.8 Å². The molecule has 1 saturated heterocycles. The first kappa shape index (κ1) is 23.4. The van der Waals surface area contributed by atoms with E-state index in [-0.39, 0.29) is 23.6 Å². The highest BCUT2D eigenvalue weighted by Crippen LogP contribution is 2.21. The molecule has 0 bridgehead atoms. The van der Waals surface area contributed by atoms with Gasteiger partial charge in [-0.15, -0.1) is 11.3 Å². The summed E-state index contributed by atoms with van der Waals surface area (Å²) >= 11 is 1.47. The number of rotatable bonds is 5. The number of amides is 1. The summed E-state index contributed by atoms with van der Waals surface area (Å²) in [4.78, 5) is 48.0. The Kier molecular flexibility index (Phi) is 6.26. The van der Waals surface area contributed by atoms with Gasteiger partial charge in [0.25, 0.3) is 11.5 Å². The fourth-order valence-electron chi connectivity index (χ4n) is 4.51. The topological polar surface area (TPSA) is 101 Å². The largest absolute Gasteiger partial charge is 0.423 e. The molecule has 0 unspecified atom stereocenters. The Balaban J connectivity index is 1.21. The maximum absolute atomic E-state index is 12.8. The minimum atomic E-state index is -0.343. The minimum Gasteiger partial charge on any atom is -0.423 e. The molecule has 9 nitrogen and oxygen atoms in total. The molecule has 1 aliphatic rings. The molecule has 1 aliphatic heterocycles. The number of aryl methyl sites for hydroxylation is 3. The van der Waals surface area contributed by atoms with Gasteiger partial charge in [0, 0.05) is 49.1 Å². The van der Waals surface area contributed by atoms with Crippen LogP contribution in [0.15, 0.2) is 44.3 Å². The molecule has 182 valence electrons. The van der Waals surface area contributed by atoms with Crippen molar-refractivity contribution >= 4 is 38.4 Å². The van der Waals surface area contributed by atoms with Crippen LogP contribution in [0.3, 0.4) is 0 Å². The van der Waals surface area contributed by atoms with Crippen molar-refractivity contribution < 1.29 is 9.21 Å². The summed E-state index contributed by atoms with van der Waals surface area (Å²) in [5.74, 6) is 0.205. The number of thiophene rings is 1. The Morgan fingerprint density at radius 1 is 1.03 bits per heavy atom. The molecule has 0 aliphatic carbocycles. The van der Waals surface area contributed by atoms with Gasteiger partial charge in [0.15, 0.2) is 0 Å². The van der Waals surface area contributed by atoms with E-state index in [1.165, 1.54) is 16.0 Å². The molecule has 3 aromatic heterocycles. The van der Waals surface area contributed by atoms with Gasteiger partial charge in [-0.3, -0.25) is 24.8 Å². The zero-order valence-electron chi connectivity index (χ0n) is 20.0. The molecule has 4 aromatic rings. The number of piperazine rings is 1. The number of hydrogen-bond acceptors (Lipinski definition) is 8. The van der Waals surface area contributed by atoms with Gasteiger partial charge in [-0.25, -0.2) is 14.5 Å². The van der Waals surface area contributed by atoms with Crippen LogP contribution >= 0.6 is 11.3 Å². The van der Waals surface area contributed by atoms with Gasteiger partial charge in [0.2, 0.25) is 0 Å². The number of fused-ring (bicyclic) bond motifs is 2. The Morgan fingerprint density at radius 3 is 2.54 bits per heavy atom. The Labute approximate surface area is 205 Å². The van der Waals surface area contributed by atoms with Crippen molar-refractivity contribution in [2.24, 2.45) is 0 Å². The lowest BCUT2D eigenvalue weighted by molar-refractivity contribution is -0.118. The highest BCUT2D eigenvalue weighted by atomic mass is 32.1. The summed E-state index contributed by atoms with van der Waals surface area (Å²) in [5, 5.41) is 1.47. The highest BCUT2D eigenvalue weighted by molar-refractivity contribution is 7.18. The van der Waals surface area contributed by atoms with Crippen LogP contribution < -0.4 is 16.6 Å². The number of benzene rings is 1. The zero-order valence-corrected chi connectivity index (χ0v) is 20.8. The van der Waals surface area contributed by atoms with E-state index in [1.54, 1.807) is 19.1 Å². The van der Waals surface area contributed by atoms with Crippen LogP contribution in [0.25, 0.3) is 21.2 Å². The standard InChI is InChI=1S/C25H27N5O4S/c1-15-4-5-19-18(12-23(32)34-21(19)10-15)13-28-6-8-29(9-7-28)14-22(31)27-30-17(3)26-24-20(25(30)33)11-16(2)35-24/h4-5,10-12H,6-9,13-14H2,1-3H3,(H,27,31). The molecule has 35 heavy (non-hydrogen) atoms. The Bertz CT molecular complexity index is 1550. The first-order valence-corrected chi connectivity index (χ1v) is 12.4. The molecule has 1 aromatic carbocycles. The van der Waals surface area contributed by atoms with Crippen molar-refractivity contribution in [2.75, 3.05) is 38.1 Å². The number of aromatic nitrogens is 2. The first-order chi connectivity index (χ1) is 16.8. The number of carbonyl (C=O) groups is 1. The Morgan fingerprint density at radius 2 is 1.77 bits per heavy atom. The fourth-order valence-corrected chi connectivity index (χ4v) is 5.43. The number of nitrogens with zero attached hydrogens (tertiary/aromatic N) is 4. The first-order valence-electron chi connectivity index (χ1n) is 11.5. The SMILES string of the molecule is Cc1ccc2c(CN3CCN(CC(=O)Nn4c(C)nc5sc(C)cc5c4=O)CC3)cc(=O)oc2c1. The Hall–Kier alpha value is -3.34. The highest BCUT2D eigenvalue weighted by Gasteiger charge is 2.21. The minimum absolute atomic E-state index is 0.192. The average Bonchev–Trinajstić information content (AvgIpc) is 3.17. The van der Waals surface area contributed by atoms with Crippen LogP contribution in [0.4, 0.5) is 0 Å². The molecule has 1 fully saturated rings. The average molecular weight is 494 g/mol. The van der Waals surface area contributed by atoms with E-state index in [4.69, 9.17) is 4.42 Å². The number of nitrogens with one attached hydrogen (secondary N) is 1. The van der Waals surface area contributed by atoms with Gasteiger partial charge in [-0.05, 0) is 44.0 Å². The van der Waals surface area contributed by atoms with Gasteiger partial charge in [-0.2, -0.15) is 0 Å². The molecular weight excluding hydrogens is 466 g/mol. The van der Waals surface area contributed by atoms with Crippen molar-refractivity contribution in [3.8, 4) is 0 Å². The van der Waals surface area contributed by atoms with Crippen molar-refractivity contribution in [2.45, 2.75) is 27.3 Å². The van der Waals surface area contributed by atoms with Gasteiger partial charge in [0.05, 0.1) is 11.9 Å². The number of hydrogen-bond donors (Lipinski definition) is 1. The fraction of sp³-hybridized carbons (Fsp3) is 0.360. The van der Waals surface area contributed by atoms with Crippen molar-refractivity contribution in [1.29, 1.82) is 0 Å². The molecule has 1 amide bonds. The van der Waals surface area contributed by atoms with E-state index in [1.807, 2.05) is 32.0 Å². The molecular formula is C25H27N5O4S. The van der Waals surface area contributed by atoms with Gasteiger partial charge in [-0.1, -0.05) is 12.1 Å². The molecule has 10 heteroatoms. The smallest absolute Gasteiger partial charge is 0.336 e. The van der Waals surface area contributed by atoms with Gasteiger partial charge >= 0.3 is 5.63 Å².